The Hall–Kier alpha value is -3.96. The molecule has 188 valence electrons. The van der Waals surface area contributed by atoms with Crippen LogP contribution in [0, 0.1) is 31.1 Å². The van der Waals surface area contributed by atoms with Crippen LogP contribution in [0.25, 0.3) is 16.7 Å². The molecule has 0 radical (unpaired) electrons. The van der Waals surface area contributed by atoms with Gasteiger partial charge in [-0.2, -0.15) is 5.26 Å². The molecule has 0 atom stereocenters. The molecule has 0 spiro atoms. The number of carbonyl (C=O) groups is 1. The number of carbonyl (C=O) groups excluding carboxylic acids is 1. The quantitative estimate of drug-likeness (QED) is 0.415. The lowest BCUT2D eigenvalue weighted by molar-refractivity contribution is 0.0919. The largest absolute Gasteiger partial charge is 0.349 e. The third-order valence-electron chi connectivity index (χ3n) is 7.13. The first-order chi connectivity index (χ1) is 17.8. The van der Waals surface area contributed by atoms with E-state index in [2.05, 4.69) is 21.4 Å². The van der Waals surface area contributed by atoms with Crippen LogP contribution in [0.4, 0.5) is 0 Å². The van der Waals surface area contributed by atoms with Gasteiger partial charge in [-0.25, -0.2) is 4.79 Å². The van der Waals surface area contributed by atoms with Crippen molar-refractivity contribution in [3.05, 3.63) is 86.8 Å². The molecule has 1 saturated carbocycles. The van der Waals surface area contributed by atoms with Crippen LogP contribution in [-0.2, 0) is 6.54 Å². The molecule has 1 N–H and O–H groups in total. The van der Waals surface area contributed by atoms with Gasteiger partial charge < -0.3 is 5.32 Å². The van der Waals surface area contributed by atoms with Crippen molar-refractivity contribution in [1.29, 1.82) is 5.26 Å². The molecule has 4 aromatic rings. The SMILES string of the molecule is Cc1ccc(-n2c(=O)n(CC3CCC(NC(=O)c4cc(Cl)cnc4C)CC3)c3ccc(C#N)cc32)cn1. The number of amides is 1. The van der Waals surface area contributed by atoms with Crippen molar-refractivity contribution < 1.29 is 4.79 Å². The molecular formula is C28H27ClN6O2. The van der Waals surface area contributed by atoms with E-state index >= 15 is 0 Å². The van der Waals surface area contributed by atoms with Crippen LogP contribution in [-0.4, -0.2) is 31.1 Å². The number of nitrogens with one attached hydrogen (secondary N) is 1. The molecule has 3 heterocycles. The first kappa shape index (κ1) is 24.7. The number of halogens is 1. The Kier molecular flexibility index (Phi) is 6.81. The Morgan fingerprint density at radius 3 is 2.57 bits per heavy atom. The Balaban J connectivity index is 1.34. The molecule has 1 amide bonds. The normalized spacial score (nSPS) is 17.5. The second-order valence-electron chi connectivity index (χ2n) is 9.68. The van der Waals surface area contributed by atoms with Crippen molar-refractivity contribution in [2.45, 2.75) is 52.1 Å². The van der Waals surface area contributed by atoms with Crippen molar-refractivity contribution in [2.75, 3.05) is 0 Å². The second-order valence-corrected chi connectivity index (χ2v) is 10.1. The molecule has 1 fully saturated rings. The van der Waals surface area contributed by atoms with Crippen LogP contribution in [0.2, 0.25) is 5.02 Å². The number of pyridine rings is 2. The molecule has 9 heteroatoms. The maximum atomic E-state index is 13.6. The van der Waals surface area contributed by atoms with Gasteiger partial charge in [0.05, 0.1) is 50.8 Å². The van der Waals surface area contributed by atoms with Crippen molar-refractivity contribution >= 4 is 28.5 Å². The fourth-order valence-electron chi connectivity index (χ4n) is 5.09. The fourth-order valence-corrected chi connectivity index (χ4v) is 5.25. The maximum Gasteiger partial charge on any atom is 0.333 e. The molecule has 8 nitrogen and oxygen atoms in total. The predicted molar refractivity (Wildman–Crippen MR) is 142 cm³/mol. The zero-order chi connectivity index (χ0) is 26.1. The van der Waals surface area contributed by atoms with Crippen LogP contribution in [0.1, 0.15) is 53.0 Å². The van der Waals surface area contributed by atoms with Crippen LogP contribution < -0.4 is 11.0 Å². The number of benzene rings is 1. The third kappa shape index (κ3) is 5.00. The van der Waals surface area contributed by atoms with Gasteiger partial charge in [0.25, 0.3) is 5.91 Å². The first-order valence-corrected chi connectivity index (χ1v) is 12.7. The van der Waals surface area contributed by atoms with Gasteiger partial charge in [-0.05, 0) is 81.8 Å². The summed E-state index contributed by atoms with van der Waals surface area (Å²) in [6.07, 6.45) is 6.66. The number of imidazole rings is 1. The number of fused-ring (bicyclic) bond motifs is 1. The van der Waals surface area contributed by atoms with Gasteiger partial charge in [0.2, 0.25) is 0 Å². The second kappa shape index (κ2) is 10.2. The Bertz CT molecular complexity index is 1570. The van der Waals surface area contributed by atoms with E-state index in [1.165, 1.54) is 6.20 Å². The van der Waals surface area contributed by atoms with E-state index in [4.69, 9.17) is 11.6 Å². The lowest BCUT2D eigenvalue weighted by atomic mass is 9.85. The van der Waals surface area contributed by atoms with Gasteiger partial charge in [0.15, 0.2) is 0 Å². The van der Waals surface area contributed by atoms with Crippen LogP contribution in [0.3, 0.4) is 0 Å². The van der Waals surface area contributed by atoms with Crippen molar-refractivity contribution in [1.82, 2.24) is 24.4 Å². The lowest BCUT2D eigenvalue weighted by Gasteiger charge is -2.29. The summed E-state index contributed by atoms with van der Waals surface area (Å²) in [7, 11) is 0. The van der Waals surface area contributed by atoms with E-state index < -0.39 is 0 Å². The van der Waals surface area contributed by atoms with Gasteiger partial charge >= 0.3 is 5.69 Å². The molecule has 0 bridgehead atoms. The smallest absolute Gasteiger partial charge is 0.333 e. The number of rotatable bonds is 5. The summed E-state index contributed by atoms with van der Waals surface area (Å²) in [6, 6.07) is 13.0. The topological polar surface area (TPSA) is 106 Å². The molecular weight excluding hydrogens is 488 g/mol. The monoisotopic (exact) mass is 514 g/mol. The molecule has 0 unspecified atom stereocenters. The highest BCUT2D eigenvalue weighted by Gasteiger charge is 2.26. The summed E-state index contributed by atoms with van der Waals surface area (Å²) in [5.74, 6) is 0.140. The van der Waals surface area contributed by atoms with E-state index in [1.807, 2.05) is 25.1 Å². The highest BCUT2D eigenvalue weighted by molar-refractivity contribution is 6.30. The number of aromatic nitrogens is 4. The molecule has 0 saturated heterocycles. The molecule has 37 heavy (non-hydrogen) atoms. The molecule has 1 aromatic carbocycles. The zero-order valence-corrected chi connectivity index (χ0v) is 21.5. The summed E-state index contributed by atoms with van der Waals surface area (Å²) in [5.41, 5.74) is 4.53. The number of hydrogen-bond acceptors (Lipinski definition) is 5. The minimum Gasteiger partial charge on any atom is -0.349 e. The third-order valence-corrected chi connectivity index (χ3v) is 7.34. The van der Waals surface area contributed by atoms with E-state index in [0.29, 0.717) is 45.5 Å². The molecule has 1 aliphatic carbocycles. The molecule has 5 rings (SSSR count). The maximum absolute atomic E-state index is 13.6. The van der Waals surface area contributed by atoms with Gasteiger partial charge in [0.1, 0.15) is 0 Å². The van der Waals surface area contributed by atoms with E-state index in [-0.39, 0.29) is 17.6 Å². The summed E-state index contributed by atoms with van der Waals surface area (Å²) < 4.78 is 3.44. The van der Waals surface area contributed by atoms with Gasteiger partial charge in [-0.3, -0.25) is 23.9 Å². The first-order valence-electron chi connectivity index (χ1n) is 12.4. The van der Waals surface area contributed by atoms with Crippen molar-refractivity contribution in [3.63, 3.8) is 0 Å². The minimum atomic E-state index is -0.157. The zero-order valence-electron chi connectivity index (χ0n) is 20.7. The van der Waals surface area contributed by atoms with Crippen LogP contribution >= 0.6 is 11.6 Å². The Morgan fingerprint density at radius 2 is 1.86 bits per heavy atom. The minimum absolute atomic E-state index is 0.0667. The van der Waals surface area contributed by atoms with E-state index in [9.17, 15) is 14.9 Å². The average molecular weight is 515 g/mol. The van der Waals surface area contributed by atoms with Crippen LogP contribution in [0.15, 0.2) is 53.6 Å². The number of nitrogens with zero attached hydrogens (tertiary/aromatic N) is 5. The van der Waals surface area contributed by atoms with Gasteiger partial charge in [-0.1, -0.05) is 11.6 Å². The lowest BCUT2D eigenvalue weighted by Crippen LogP contribution is -2.39. The van der Waals surface area contributed by atoms with Crippen LogP contribution in [0.5, 0.6) is 0 Å². The number of hydrogen-bond donors (Lipinski definition) is 1. The molecule has 1 aliphatic rings. The number of nitriles is 1. The van der Waals surface area contributed by atoms with Crippen molar-refractivity contribution in [3.8, 4) is 11.8 Å². The van der Waals surface area contributed by atoms with E-state index in [1.54, 1.807) is 40.5 Å². The molecule has 0 aliphatic heterocycles. The summed E-state index contributed by atoms with van der Waals surface area (Å²) in [6.45, 7) is 4.27. The Morgan fingerprint density at radius 1 is 1.08 bits per heavy atom. The van der Waals surface area contributed by atoms with E-state index in [0.717, 1.165) is 36.9 Å². The highest BCUT2D eigenvalue weighted by Crippen LogP contribution is 2.28. The van der Waals surface area contributed by atoms with Crippen molar-refractivity contribution in [2.24, 2.45) is 5.92 Å². The standard InChI is InChI=1S/C28H27ClN6O2/c1-17-3-9-23(15-31-17)35-26-11-20(13-30)6-10-25(26)34(28(35)37)16-19-4-7-22(8-5-19)33-27(36)24-12-21(29)14-32-18(24)2/h3,6,9-12,14-15,19,22H,4-5,7-8,16H2,1-2H3,(H,33,36). The Labute approximate surface area is 219 Å². The van der Waals surface area contributed by atoms with Gasteiger partial charge in [-0.15, -0.1) is 0 Å². The van der Waals surface area contributed by atoms with Gasteiger partial charge in [0, 0.05) is 24.5 Å². The summed E-state index contributed by atoms with van der Waals surface area (Å²) in [5, 5.41) is 13.0. The average Bonchev–Trinajstić information content (AvgIpc) is 3.17. The fraction of sp³-hybridized carbons (Fsp3) is 0.321. The molecule has 3 aromatic heterocycles. The summed E-state index contributed by atoms with van der Waals surface area (Å²) in [4.78, 5) is 34.9. The highest BCUT2D eigenvalue weighted by atomic mass is 35.5. The predicted octanol–water partition coefficient (Wildman–Crippen LogP) is 4.71. The summed E-state index contributed by atoms with van der Waals surface area (Å²) >= 11 is 6.03. The number of aryl methyl sites for hydroxylation is 2.